The lowest BCUT2D eigenvalue weighted by Crippen LogP contribution is -2.31. The predicted molar refractivity (Wildman–Crippen MR) is 76.6 cm³/mol. The SMILES string of the molecule is CC(CNS(=O)(=O)c1cc(S(C)(=O)=O)ccc1Cl)C(=O)O. The van der Waals surface area contributed by atoms with Gasteiger partial charge in [0, 0.05) is 12.8 Å². The molecule has 10 heteroatoms. The first-order valence-electron chi connectivity index (χ1n) is 5.67. The third-order valence-electron chi connectivity index (χ3n) is 2.62. The van der Waals surface area contributed by atoms with E-state index in [-0.39, 0.29) is 16.5 Å². The second-order valence-electron chi connectivity index (χ2n) is 4.46. The largest absolute Gasteiger partial charge is 0.481 e. The molecule has 1 atom stereocenters. The summed E-state index contributed by atoms with van der Waals surface area (Å²) in [5.74, 6) is -2.09. The highest BCUT2D eigenvalue weighted by Crippen LogP contribution is 2.24. The van der Waals surface area contributed by atoms with Gasteiger partial charge in [-0.2, -0.15) is 0 Å². The molecule has 0 aliphatic rings. The van der Waals surface area contributed by atoms with Crippen LogP contribution in [0.25, 0.3) is 0 Å². The molecule has 1 aromatic rings. The van der Waals surface area contributed by atoms with E-state index < -0.39 is 36.6 Å². The second-order valence-corrected chi connectivity index (χ2v) is 8.61. The first kappa shape index (κ1) is 17.9. The standard InChI is InChI=1S/C11H14ClNO6S2/c1-7(11(14)15)6-13-21(18,19)10-5-8(20(2,16)17)3-4-9(10)12/h3-5,7,13H,6H2,1-2H3,(H,14,15). The molecule has 0 aliphatic carbocycles. The van der Waals surface area contributed by atoms with Crippen molar-refractivity contribution in [3.05, 3.63) is 23.2 Å². The van der Waals surface area contributed by atoms with Crippen LogP contribution in [0.5, 0.6) is 0 Å². The Balaban J connectivity index is 3.17. The Morgan fingerprint density at radius 3 is 2.38 bits per heavy atom. The molecule has 0 amide bonds. The third kappa shape index (κ3) is 4.67. The van der Waals surface area contributed by atoms with Crippen LogP contribution in [0.2, 0.25) is 5.02 Å². The van der Waals surface area contributed by atoms with Crippen molar-refractivity contribution in [1.82, 2.24) is 4.72 Å². The molecule has 7 nitrogen and oxygen atoms in total. The molecule has 2 N–H and O–H groups in total. The van der Waals surface area contributed by atoms with Crippen molar-refractivity contribution in [2.75, 3.05) is 12.8 Å². The fourth-order valence-corrected chi connectivity index (χ4v) is 3.70. The maximum absolute atomic E-state index is 12.1. The number of hydrogen-bond acceptors (Lipinski definition) is 5. The van der Waals surface area contributed by atoms with E-state index in [1.807, 2.05) is 0 Å². The smallest absolute Gasteiger partial charge is 0.307 e. The van der Waals surface area contributed by atoms with E-state index in [0.717, 1.165) is 18.4 Å². The molecular weight excluding hydrogens is 342 g/mol. The number of nitrogens with one attached hydrogen (secondary N) is 1. The molecule has 118 valence electrons. The quantitative estimate of drug-likeness (QED) is 0.777. The van der Waals surface area contributed by atoms with Gasteiger partial charge in [0.25, 0.3) is 0 Å². The lowest BCUT2D eigenvalue weighted by Gasteiger charge is -2.11. The molecule has 0 radical (unpaired) electrons. The van der Waals surface area contributed by atoms with Gasteiger partial charge in [-0.1, -0.05) is 18.5 Å². The number of sulfone groups is 1. The van der Waals surface area contributed by atoms with Gasteiger partial charge in [0.1, 0.15) is 4.90 Å². The van der Waals surface area contributed by atoms with Crippen molar-refractivity contribution in [2.45, 2.75) is 16.7 Å². The molecule has 0 aromatic heterocycles. The van der Waals surface area contributed by atoms with Gasteiger partial charge < -0.3 is 5.11 Å². The minimum atomic E-state index is -4.11. The van der Waals surface area contributed by atoms with E-state index in [1.54, 1.807) is 0 Å². The highest BCUT2D eigenvalue weighted by Gasteiger charge is 2.22. The van der Waals surface area contributed by atoms with Crippen LogP contribution < -0.4 is 4.72 Å². The molecular formula is C11H14ClNO6S2. The number of halogens is 1. The predicted octanol–water partition coefficient (Wildman–Crippen LogP) is 0.743. The highest BCUT2D eigenvalue weighted by atomic mass is 35.5. The summed E-state index contributed by atoms with van der Waals surface area (Å²) in [5.41, 5.74) is 0. The average Bonchev–Trinajstić information content (AvgIpc) is 2.34. The van der Waals surface area contributed by atoms with E-state index in [0.29, 0.717) is 0 Å². The lowest BCUT2D eigenvalue weighted by molar-refractivity contribution is -0.140. The van der Waals surface area contributed by atoms with Gasteiger partial charge in [0.15, 0.2) is 9.84 Å². The van der Waals surface area contributed by atoms with Crippen molar-refractivity contribution in [3.8, 4) is 0 Å². The van der Waals surface area contributed by atoms with Gasteiger partial charge in [0.2, 0.25) is 10.0 Å². The number of benzene rings is 1. The molecule has 0 saturated heterocycles. The third-order valence-corrected chi connectivity index (χ3v) is 5.64. The number of carboxylic acids is 1. The summed E-state index contributed by atoms with van der Waals surface area (Å²) in [5, 5.41) is 8.56. The number of hydrogen-bond donors (Lipinski definition) is 2. The normalized spacial score (nSPS) is 13.9. The van der Waals surface area contributed by atoms with Crippen LogP contribution in [0.15, 0.2) is 28.0 Å². The molecule has 1 unspecified atom stereocenters. The maximum Gasteiger partial charge on any atom is 0.307 e. The Hall–Kier alpha value is -1.16. The first-order valence-corrected chi connectivity index (χ1v) is 9.42. The molecule has 0 saturated carbocycles. The van der Waals surface area contributed by atoms with Crippen molar-refractivity contribution in [3.63, 3.8) is 0 Å². The topological polar surface area (TPSA) is 118 Å². The van der Waals surface area contributed by atoms with Crippen molar-refractivity contribution in [2.24, 2.45) is 5.92 Å². The van der Waals surface area contributed by atoms with Gasteiger partial charge in [0.05, 0.1) is 15.8 Å². The Bertz CT molecular complexity index is 757. The summed E-state index contributed by atoms with van der Waals surface area (Å²) in [7, 11) is -7.70. The van der Waals surface area contributed by atoms with Crippen molar-refractivity contribution < 1.29 is 26.7 Å². The Morgan fingerprint density at radius 1 is 1.33 bits per heavy atom. The second kappa shape index (κ2) is 6.30. The van der Waals surface area contributed by atoms with Gasteiger partial charge >= 0.3 is 5.97 Å². The van der Waals surface area contributed by atoms with Crippen molar-refractivity contribution in [1.29, 1.82) is 0 Å². The van der Waals surface area contributed by atoms with E-state index in [1.165, 1.54) is 13.0 Å². The summed E-state index contributed by atoms with van der Waals surface area (Å²) in [4.78, 5) is 10.1. The number of rotatable bonds is 6. The molecule has 0 fully saturated rings. The van der Waals surface area contributed by atoms with Crippen LogP contribution in [0.1, 0.15) is 6.92 Å². The number of aliphatic carboxylic acids is 1. The van der Waals surface area contributed by atoms with E-state index in [2.05, 4.69) is 4.72 Å². The zero-order chi connectivity index (χ0) is 16.4. The van der Waals surface area contributed by atoms with Crippen LogP contribution in [0.4, 0.5) is 0 Å². The van der Waals surface area contributed by atoms with Crippen LogP contribution in [0, 0.1) is 5.92 Å². The Kier molecular flexibility index (Phi) is 5.37. The number of carboxylic acid groups (broad SMARTS) is 1. The minimum Gasteiger partial charge on any atom is -0.481 e. The summed E-state index contributed by atoms with van der Waals surface area (Å²) < 4.78 is 49.1. The molecule has 1 aromatic carbocycles. The highest BCUT2D eigenvalue weighted by molar-refractivity contribution is 7.91. The van der Waals surface area contributed by atoms with E-state index >= 15 is 0 Å². The van der Waals surface area contributed by atoms with Crippen LogP contribution in [-0.4, -0.2) is 40.7 Å². The summed E-state index contributed by atoms with van der Waals surface area (Å²) >= 11 is 5.78. The summed E-state index contributed by atoms with van der Waals surface area (Å²) in [6.07, 6.45) is 0.937. The van der Waals surface area contributed by atoms with Crippen LogP contribution in [-0.2, 0) is 24.7 Å². The fourth-order valence-electron chi connectivity index (χ4n) is 1.32. The van der Waals surface area contributed by atoms with Crippen LogP contribution >= 0.6 is 11.6 Å². The molecule has 0 aliphatic heterocycles. The first-order chi connectivity index (χ1) is 9.45. The van der Waals surface area contributed by atoms with Crippen molar-refractivity contribution >= 4 is 37.4 Å². The van der Waals surface area contributed by atoms with E-state index in [9.17, 15) is 21.6 Å². The summed E-state index contributed by atoms with van der Waals surface area (Å²) in [6, 6.07) is 3.29. The lowest BCUT2D eigenvalue weighted by atomic mass is 10.2. The molecule has 21 heavy (non-hydrogen) atoms. The number of sulfonamides is 1. The minimum absolute atomic E-state index is 0.155. The number of carbonyl (C=O) groups is 1. The zero-order valence-electron chi connectivity index (χ0n) is 11.2. The summed E-state index contributed by atoms with van der Waals surface area (Å²) in [6.45, 7) is 0.997. The van der Waals surface area contributed by atoms with Gasteiger partial charge in [-0.3, -0.25) is 4.79 Å². The van der Waals surface area contributed by atoms with Gasteiger partial charge in [-0.15, -0.1) is 0 Å². The maximum atomic E-state index is 12.1. The fraction of sp³-hybridized carbons (Fsp3) is 0.364. The van der Waals surface area contributed by atoms with Gasteiger partial charge in [-0.05, 0) is 18.2 Å². The molecule has 0 bridgehead atoms. The molecule has 0 spiro atoms. The zero-order valence-corrected chi connectivity index (χ0v) is 13.6. The average molecular weight is 356 g/mol. The molecule has 0 heterocycles. The van der Waals surface area contributed by atoms with Crippen LogP contribution in [0.3, 0.4) is 0 Å². The molecule has 1 rings (SSSR count). The Morgan fingerprint density at radius 2 is 1.90 bits per heavy atom. The Labute approximate surface area is 127 Å². The monoisotopic (exact) mass is 355 g/mol. The van der Waals surface area contributed by atoms with Gasteiger partial charge in [-0.25, -0.2) is 21.6 Å². The van der Waals surface area contributed by atoms with E-state index in [4.69, 9.17) is 16.7 Å².